The maximum atomic E-state index is 13.3. The molecule has 4 rings (SSSR count). The summed E-state index contributed by atoms with van der Waals surface area (Å²) in [5.74, 6) is -2.26. The molecule has 4 aliphatic carbocycles. The summed E-state index contributed by atoms with van der Waals surface area (Å²) in [5.41, 5.74) is -1.38. The lowest BCUT2D eigenvalue weighted by molar-refractivity contribution is -0.195. The summed E-state index contributed by atoms with van der Waals surface area (Å²) in [6, 6.07) is 0. The standard InChI is InChI=1S/C12H12F2O6S/c13-12(14,21(17,18)19)9(16)20-10-2-5-1-6-8(15)7(3-10)11(5,6)4-10/h5-7H,1-4H2,(H,17,18,19). The van der Waals surface area contributed by atoms with E-state index < -0.39 is 26.9 Å². The van der Waals surface area contributed by atoms with Crippen LogP contribution in [0.2, 0.25) is 0 Å². The maximum absolute atomic E-state index is 13.3. The Morgan fingerprint density at radius 2 is 2.00 bits per heavy atom. The number of Topliss-reactive ketones (excluding diaryl/α,β-unsaturated/α-hetero) is 1. The van der Waals surface area contributed by atoms with E-state index in [0.717, 1.165) is 0 Å². The third kappa shape index (κ3) is 1.28. The van der Waals surface area contributed by atoms with Gasteiger partial charge < -0.3 is 4.74 Å². The van der Waals surface area contributed by atoms with Crippen LogP contribution in [0.1, 0.15) is 25.7 Å². The maximum Gasteiger partial charge on any atom is 0.465 e. The number of fused-ring (bicyclic) bond motifs is 1. The predicted octanol–water partition coefficient (Wildman–Crippen LogP) is 0.768. The summed E-state index contributed by atoms with van der Waals surface area (Å²) < 4.78 is 61.1. The summed E-state index contributed by atoms with van der Waals surface area (Å²) in [5, 5.41) is -4.98. The fraction of sp³-hybridized carbons (Fsp3) is 0.833. The average Bonchev–Trinajstić information content (AvgIpc) is 2.80. The molecule has 4 saturated carbocycles. The molecule has 0 aliphatic heterocycles. The number of esters is 1. The molecule has 0 aromatic heterocycles. The first kappa shape index (κ1) is 13.6. The van der Waals surface area contributed by atoms with Crippen LogP contribution in [0.3, 0.4) is 0 Å². The van der Waals surface area contributed by atoms with Crippen LogP contribution >= 0.6 is 0 Å². The zero-order valence-electron chi connectivity index (χ0n) is 10.7. The van der Waals surface area contributed by atoms with Gasteiger partial charge in [0.25, 0.3) is 0 Å². The number of ketones is 1. The van der Waals surface area contributed by atoms with Crippen molar-refractivity contribution in [1.82, 2.24) is 0 Å². The van der Waals surface area contributed by atoms with Crippen molar-refractivity contribution in [2.75, 3.05) is 0 Å². The predicted molar refractivity (Wildman–Crippen MR) is 61.7 cm³/mol. The number of halogens is 2. The van der Waals surface area contributed by atoms with Gasteiger partial charge in [-0.25, -0.2) is 4.79 Å². The number of alkyl halides is 2. The topological polar surface area (TPSA) is 97.7 Å². The first-order chi connectivity index (χ1) is 9.54. The SMILES string of the molecule is O=C1C2CC3CC4(OC(=O)C(F)(F)S(=O)(=O)O)CC1C32C4. The molecule has 0 heterocycles. The van der Waals surface area contributed by atoms with Gasteiger partial charge in [-0.2, -0.15) is 17.2 Å². The summed E-state index contributed by atoms with van der Waals surface area (Å²) >= 11 is 0. The van der Waals surface area contributed by atoms with Crippen LogP contribution in [-0.2, 0) is 24.4 Å². The molecule has 5 unspecified atom stereocenters. The number of rotatable bonds is 3. The molecule has 0 saturated heterocycles. The van der Waals surface area contributed by atoms with E-state index in [0.29, 0.717) is 19.3 Å². The minimum absolute atomic E-state index is 0.0438. The van der Waals surface area contributed by atoms with Gasteiger partial charge in [0.2, 0.25) is 0 Å². The molecule has 0 aromatic rings. The molecule has 6 nitrogen and oxygen atoms in total. The molecule has 1 N–H and O–H groups in total. The molecular formula is C12H12F2O6S. The van der Waals surface area contributed by atoms with Crippen LogP contribution in [0, 0.1) is 23.2 Å². The Hall–Kier alpha value is -1.09. The quantitative estimate of drug-likeness (QED) is 0.609. The second kappa shape index (κ2) is 3.29. The van der Waals surface area contributed by atoms with E-state index in [-0.39, 0.29) is 35.4 Å². The highest BCUT2D eigenvalue weighted by Gasteiger charge is 2.83. The molecule has 9 heteroatoms. The number of carbonyl (C=O) groups is 2. The van der Waals surface area contributed by atoms with E-state index in [1.54, 1.807) is 0 Å². The number of ether oxygens (including phenoxy) is 1. The molecular weight excluding hydrogens is 310 g/mol. The molecule has 2 bridgehead atoms. The summed E-state index contributed by atoms with van der Waals surface area (Å²) in [4.78, 5) is 23.3. The van der Waals surface area contributed by atoms with Crippen LogP contribution in [-0.4, -0.2) is 35.6 Å². The van der Waals surface area contributed by atoms with Crippen molar-refractivity contribution in [3.8, 4) is 0 Å². The molecule has 0 aromatic carbocycles. The fourth-order valence-corrected chi connectivity index (χ4v) is 5.46. The second-order valence-corrected chi connectivity index (χ2v) is 8.16. The van der Waals surface area contributed by atoms with Crippen LogP contribution in [0.5, 0.6) is 0 Å². The third-order valence-electron chi connectivity index (χ3n) is 5.96. The first-order valence-electron chi connectivity index (χ1n) is 6.66. The lowest BCUT2D eigenvalue weighted by atomic mass is 9.38. The van der Waals surface area contributed by atoms with Crippen molar-refractivity contribution in [1.29, 1.82) is 0 Å². The molecule has 4 fully saturated rings. The smallest absolute Gasteiger partial charge is 0.454 e. The summed E-state index contributed by atoms with van der Waals surface area (Å²) in [6.45, 7) is 0. The summed E-state index contributed by atoms with van der Waals surface area (Å²) in [7, 11) is -5.87. The van der Waals surface area contributed by atoms with Crippen molar-refractivity contribution >= 4 is 21.9 Å². The first-order valence-corrected chi connectivity index (χ1v) is 8.10. The van der Waals surface area contributed by atoms with Crippen LogP contribution in [0.25, 0.3) is 0 Å². The van der Waals surface area contributed by atoms with E-state index >= 15 is 0 Å². The van der Waals surface area contributed by atoms with Gasteiger partial charge in [-0.1, -0.05) is 0 Å². The summed E-state index contributed by atoms with van der Waals surface area (Å²) in [6.07, 6.45) is 1.62. The number of hydrogen-bond acceptors (Lipinski definition) is 5. The Morgan fingerprint density at radius 1 is 1.33 bits per heavy atom. The highest BCUT2D eigenvalue weighted by atomic mass is 32.2. The van der Waals surface area contributed by atoms with Crippen molar-refractivity contribution in [3.63, 3.8) is 0 Å². The van der Waals surface area contributed by atoms with Crippen LogP contribution < -0.4 is 0 Å². The van der Waals surface area contributed by atoms with Gasteiger partial charge >= 0.3 is 21.3 Å². The third-order valence-corrected chi connectivity index (χ3v) is 6.77. The van der Waals surface area contributed by atoms with E-state index in [4.69, 9.17) is 9.29 Å². The lowest BCUT2D eigenvalue weighted by Crippen LogP contribution is -2.66. The van der Waals surface area contributed by atoms with Gasteiger partial charge in [0.15, 0.2) is 0 Å². The van der Waals surface area contributed by atoms with Crippen molar-refractivity contribution in [3.05, 3.63) is 0 Å². The average molecular weight is 322 g/mol. The van der Waals surface area contributed by atoms with E-state index in [9.17, 15) is 26.8 Å². The van der Waals surface area contributed by atoms with Gasteiger partial charge in [-0.3, -0.25) is 9.35 Å². The van der Waals surface area contributed by atoms with E-state index in [1.807, 2.05) is 0 Å². The largest absolute Gasteiger partial charge is 0.465 e. The van der Waals surface area contributed by atoms with Gasteiger partial charge in [-0.15, -0.1) is 0 Å². The lowest BCUT2D eigenvalue weighted by Gasteiger charge is -2.64. The molecule has 1 spiro atoms. The second-order valence-electron chi connectivity index (χ2n) is 6.70. The van der Waals surface area contributed by atoms with Crippen LogP contribution in [0.4, 0.5) is 8.78 Å². The minimum Gasteiger partial charge on any atom is -0.454 e. The number of carbonyl (C=O) groups excluding carboxylic acids is 2. The normalized spacial score (nSPS) is 46.6. The fourth-order valence-electron chi connectivity index (χ4n) is 5.21. The Kier molecular flexibility index (Phi) is 2.13. The van der Waals surface area contributed by atoms with E-state index in [1.165, 1.54) is 0 Å². The van der Waals surface area contributed by atoms with Crippen molar-refractivity contribution in [2.45, 2.75) is 36.5 Å². The van der Waals surface area contributed by atoms with Gasteiger partial charge in [0.05, 0.1) is 0 Å². The Morgan fingerprint density at radius 3 is 2.57 bits per heavy atom. The molecule has 0 radical (unpaired) electrons. The van der Waals surface area contributed by atoms with Crippen molar-refractivity contribution < 1.29 is 36.1 Å². The Balaban J connectivity index is 1.60. The van der Waals surface area contributed by atoms with Gasteiger partial charge in [-0.05, 0) is 37.0 Å². The Bertz CT molecular complexity index is 688. The zero-order chi connectivity index (χ0) is 15.4. The van der Waals surface area contributed by atoms with Gasteiger partial charge in [0, 0.05) is 11.8 Å². The molecule has 5 atom stereocenters. The van der Waals surface area contributed by atoms with Crippen molar-refractivity contribution in [2.24, 2.45) is 23.2 Å². The van der Waals surface area contributed by atoms with Crippen LogP contribution in [0.15, 0.2) is 0 Å². The van der Waals surface area contributed by atoms with E-state index in [2.05, 4.69) is 0 Å². The molecule has 4 aliphatic rings. The Labute approximate surface area is 118 Å². The number of hydrogen-bond donors (Lipinski definition) is 1. The van der Waals surface area contributed by atoms with Gasteiger partial charge in [0.1, 0.15) is 11.4 Å². The molecule has 21 heavy (non-hydrogen) atoms. The minimum atomic E-state index is -5.87. The highest BCUT2D eigenvalue weighted by molar-refractivity contribution is 7.87. The zero-order valence-corrected chi connectivity index (χ0v) is 11.5. The molecule has 116 valence electrons. The molecule has 0 amide bonds. The highest BCUT2D eigenvalue weighted by Crippen LogP contribution is 2.81. The monoisotopic (exact) mass is 322 g/mol.